The lowest BCUT2D eigenvalue weighted by Gasteiger charge is -2.33. The van der Waals surface area contributed by atoms with E-state index in [1.54, 1.807) is 12.1 Å². The van der Waals surface area contributed by atoms with Crippen LogP contribution in [0.3, 0.4) is 0 Å². The van der Waals surface area contributed by atoms with Crippen molar-refractivity contribution in [2.75, 3.05) is 18.1 Å². The molecule has 1 aliphatic rings. The predicted molar refractivity (Wildman–Crippen MR) is 81.0 cm³/mol. The Bertz CT molecular complexity index is 475. The number of hydrogen-bond donors (Lipinski definition) is 2. The molecule has 1 heterocycles. The summed E-state index contributed by atoms with van der Waals surface area (Å²) in [7, 11) is 0. The summed E-state index contributed by atoms with van der Waals surface area (Å²) in [6, 6.07) is 6.61. The summed E-state index contributed by atoms with van der Waals surface area (Å²) in [6.07, 6.45) is 1.60. The predicted octanol–water partition coefficient (Wildman–Crippen LogP) is 2.50. The fraction of sp³-hybridized carbons (Fsp3) is 0.571. The lowest BCUT2D eigenvalue weighted by molar-refractivity contribution is -0.384. The van der Waals surface area contributed by atoms with Gasteiger partial charge in [-0.3, -0.25) is 10.1 Å². The second-order valence-corrected chi connectivity index (χ2v) is 6.52. The Labute approximate surface area is 122 Å². The van der Waals surface area contributed by atoms with E-state index in [1.165, 1.54) is 6.07 Å². The van der Waals surface area contributed by atoms with Crippen LogP contribution >= 0.6 is 11.8 Å². The van der Waals surface area contributed by atoms with Crippen LogP contribution in [0.15, 0.2) is 24.3 Å². The summed E-state index contributed by atoms with van der Waals surface area (Å²) >= 11 is 1.87. The van der Waals surface area contributed by atoms with Gasteiger partial charge in [0.15, 0.2) is 0 Å². The van der Waals surface area contributed by atoms with Crippen LogP contribution in [0, 0.1) is 10.1 Å². The zero-order chi connectivity index (χ0) is 14.6. The van der Waals surface area contributed by atoms with Crippen LogP contribution in [0.25, 0.3) is 0 Å². The van der Waals surface area contributed by atoms with Crippen molar-refractivity contribution in [2.24, 2.45) is 0 Å². The molecular formula is C14H20N2O3S. The van der Waals surface area contributed by atoms with Gasteiger partial charge in [-0.1, -0.05) is 12.1 Å². The zero-order valence-electron chi connectivity index (χ0n) is 11.5. The molecule has 1 aromatic rings. The molecule has 5 nitrogen and oxygen atoms in total. The van der Waals surface area contributed by atoms with Crippen molar-refractivity contribution in [2.45, 2.75) is 31.4 Å². The largest absolute Gasteiger partial charge is 0.389 e. The average molecular weight is 296 g/mol. The number of nitrogens with zero attached hydrogens (tertiary/aromatic N) is 1. The molecule has 0 saturated carbocycles. The molecule has 0 spiro atoms. The van der Waals surface area contributed by atoms with E-state index < -0.39 is 5.60 Å². The van der Waals surface area contributed by atoms with E-state index in [2.05, 4.69) is 5.32 Å². The molecule has 0 aromatic heterocycles. The first-order valence-electron chi connectivity index (χ1n) is 6.78. The molecule has 1 fully saturated rings. The van der Waals surface area contributed by atoms with E-state index in [1.807, 2.05) is 24.8 Å². The second-order valence-electron chi connectivity index (χ2n) is 5.29. The first kappa shape index (κ1) is 15.3. The Morgan fingerprint density at radius 3 is 2.85 bits per heavy atom. The number of benzene rings is 1. The summed E-state index contributed by atoms with van der Waals surface area (Å²) < 4.78 is 0. The maximum atomic E-state index is 10.8. The van der Waals surface area contributed by atoms with Crippen LogP contribution in [0.2, 0.25) is 0 Å². The number of non-ortho nitro benzene ring substituents is 1. The molecule has 1 unspecified atom stereocenters. The zero-order valence-corrected chi connectivity index (χ0v) is 12.4. The minimum absolute atomic E-state index is 0.0199. The lowest BCUT2D eigenvalue weighted by atomic mass is 9.96. The lowest BCUT2D eigenvalue weighted by Crippen LogP contribution is -2.44. The Balaban J connectivity index is 1.96. The van der Waals surface area contributed by atoms with Gasteiger partial charge in [-0.25, -0.2) is 0 Å². The highest BCUT2D eigenvalue weighted by Gasteiger charge is 2.29. The van der Waals surface area contributed by atoms with E-state index in [0.29, 0.717) is 6.54 Å². The molecule has 2 N–H and O–H groups in total. The normalized spacial score (nSPS) is 19.5. The van der Waals surface area contributed by atoms with Gasteiger partial charge in [0, 0.05) is 24.7 Å². The van der Waals surface area contributed by atoms with Crippen molar-refractivity contribution in [3.05, 3.63) is 39.9 Å². The summed E-state index contributed by atoms with van der Waals surface area (Å²) in [4.78, 5) is 10.4. The van der Waals surface area contributed by atoms with Crippen LogP contribution < -0.4 is 5.32 Å². The Morgan fingerprint density at radius 1 is 1.50 bits per heavy atom. The SMILES string of the molecule is CC(NCC1(O)CCSCC1)c1cccc([N+](=O)[O-])c1. The van der Waals surface area contributed by atoms with Crippen molar-refractivity contribution in [3.8, 4) is 0 Å². The van der Waals surface area contributed by atoms with Gasteiger partial charge in [-0.05, 0) is 36.8 Å². The third-order valence-corrected chi connectivity index (χ3v) is 4.73. The van der Waals surface area contributed by atoms with E-state index in [9.17, 15) is 15.2 Å². The van der Waals surface area contributed by atoms with Crippen molar-refractivity contribution in [1.82, 2.24) is 5.32 Å². The fourth-order valence-corrected chi connectivity index (χ4v) is 3.55. The minimum Gasteiger partial charge on any atom is -0.389 e. The quantitative estimate of drug-likeness (QED) is 0.645. The topological polar surface area (TPSA) is 75.4 Å². The monoisotopic (exact) mass is 296 g/mol. The van der Waals surface area contributed by atoms with Gasteiger partial charge in [0.25, 0.3) is 5.69 Å². The molecule has 6 heteroatoms. The Morgan fingerprint density at radius 2 is 2.20 bits per heavy atom. The molecule has 0 aliphatic carbocycles. The Hall–Kier alpha value is -1.11. The molecule has 1 aliphatic heterocycles. The first-order chi connectivity index (χ1) is 9.50. The van der Waals surface area contributed by atoms with Gasteiger partial charge in [0.05, 0.1) is 10.5 Å². The number of nitrogens with one attached hydrogen (secondary N) is 1. The minimum atomic E-state index is -0.639. The van der Waals surface area contributed by atoms with Crippen molar-refractivity contribution >= 4 is 17.4 Å². The van der Waals surface area contributed by atoms with E-state index in [0.717, 1.165) is 29.9 Å². The fourth-order valence-electron chi connectivity index (χ4n) is 2.30. The smallest absolute Gasteiger partial charge is 0.269 e. The summed E-state index contributed by atoms with van der Waals surface area (Å²) in [5.41, 5.74) is 0.331. The highest BCUT2D eigenvalue weighted by atomic mass is 32.2. The number of nitro groups is 1. The van der Waals surface area contributed by atoms with E-state index >= 15 is 0 Å². The van der Waals surface area contributed by atoms with Crippen molar-refractivity contribution < 1.29 is 10.0 Å². The third-order valence-electron chi connectivity index (χ3n) is 3.74. The summed E-state index contributed by atoms with van der Waals surface area (Å²) in [5.74, 6) is 1.98. The average Bonchev–Trinajstić information content (AvgIpc) is 2.46. The molecule has 1 saturated heterocycles. The number of aliphatic hydroxyl groups is 1. The van der Waals surface area contributed by atoms with Crippen LogP contribution in [0.4, 0.5) is 5.69 Å². The standard InChI is InChI=1S/C14H20N2O3S/c1-11(12-3-2-4-13(9-12)16(18)19)15-10-14(17)5-7-20-8-6-14/h2-4,9,11,15,17H,5-8,10H2,1H3. The van der Waals surface area contributed by atoms with Crippen LogP contribution in [-0.4, -0.2) is 33.7 Å². The molecular weight excluding hydrogens is 276 g/mol. The van der Waals surface area contributed by atoms with Gasteiger partial charge < -0.3 is 10.4 Å². The summed E-state index contributed by atoms with van der Waals surface area (Å²) in [5, 5.41) is 24.5. The number of hydrogen-bond acceptors (Lipinski definition) is 5. The highest BCUT2D eigenvalue weighted by Crippen LogP contribution is 2.27. The van der Waals surface area contributed by atoms with Crippen LogP contribution in [0.5, 0.6) is 0 Å². The molecule has 110 valence electrons. The highest BCUT2D eigenvalue weighted by molar-refractivity contribution is 7.99. The van der Waals surface area contributed by atoms with Crippen molar-refractivity contribution in [1.29, 1.82) is 0 Å². The van der Waals surface area contributed by atoms with E-state index in [-0.39, 0.29) is 16.7 Å². The van der Waals surface area contributed by atoms with Crippen LogP contribution in [-0.2, 0) is 0 Å². The number of thioether (sulfide) groups is 1. The van der Waals surface area contributed by atoms with Gasteiger partial charge in [0.2, 0.25) is 0 Å². The number of nitro benzene ring substituents is 1. The maximum absolute atomic E-state index is 10.8. The number of rotatable bonds is 5. The molecule has 0 bridgehead atoms. The molecule has 1 aromatic carbocycles. The van der Waals surface area contributed by atoms with Gasteiger partial charge in [0.1, 0.15) is 0 Å². The molecule has 1 atom stereocenters. The maximum Gasteiger partial charge on any atom is 0.269 e. The molecule has 0 amide bonds. The summed E-state index contributed by atoms with van der Waals surface area (Å²) in [6.45, 7) is 2.48. The van der Waals surface area contributed by atoms with E-state index in [4.69, 9.17) is 0 Å². The van der Waals surface area contributed by atoms with Gasteiger partial charge in [-0.15, -0.1) is 0 Å². The third kappa shape index (κ3) is 3.94. The Kier molecular flexibility index (Phi) is 5.01. The van der Waals surface area contributed by atoms with Gasteiger partial charge >= 0.3 is 0 Å². The van der Waals surface area contributed by atoms with Gasteiger partial charge in [-0.2, -0.15) is 11.8 Å². The van der Waals surface area contributed by atoms with Crippen LogP contribution in [0.1, 0.15) is 31.4 Å². The molecule has 0 radical (unpaired) electrons. The van der Waals surface area contributed by atoms with Crippen molar-refractivity contribution in [3.63, 3.8) is 0 Å². The molecule has 20 heavy (non-hydrogen) atoms. The molecule has 2 rings (SSSR count). The first-order valence-corrected chi connectivity index (χ1v) is 7.93. The second kappa shape index (κ2) is 6.56.